The number of fused-ring (bicyclic) bond motifs is 1. The first-order valence-electron chi connectivity index (χ1n) is 11.3. The average molecular weight is 488 g/mol. The Bertz CT molecular complexity index is 1350. The van der Waals surface area contributed by atoms with Crippen LogP contribution in [0.3, 0.4) is 0 Å². The van der Waals surface area contributed by atoms with Gasteiger partial charge in [0.1, 0.15) is 0 Å². The molecule has 1 heterocycles. The molecule has 2 aromatic carbocycles. The van der Waals surface area contributed by atoms with Crippen LogP contribution in [0.4, 0.5) is 10.1 Å². The number of anilines is 1. The first-order valence-corrected chi connectivity index (χ1v) is 12.8. The number of benzene rings is 2. The second kappa shape index (κ2) is 8.61. The molecule has 7 nitrogen and oxygen atoms in total. The second-order valence-electron chi connectivity index (χ2n) is 9.70. The van der Waals surface area contributed by atoms with E-state index in [1.54, 1.807) is 51.1 Å². The topological polar surface area (TPSA) is 103 Å². The SMILES string of the molecule is COc1cc2c(cc1F)c(C(N)=O)c(-c1ccc(NS(=O)(=O)C(C)(C)C)cc1)n2C1CCCC1. The molecule has 1 aliphatic carbocycles. The number of nitrogens with zero attached hydrogens (tertiary/aromatic N) is 1. The van der Waals surface area contributed by atoms with Gasteiger partial charge >= 0.3 is 0 Å². The minimum atomic E-state index is -3.59. The highest BCUT2D eigenvalue weighted by Crippen LogP contribution is 2.43. The van der Waals surface area contributed by atoms with Gasteiger partial charge in [0.15, 0.2) is 11.6 Å². The van der Waals surface area contributed by atoms with Crippen LogP contribution in [-0.2, 0) is 10.0 Å². The van der Waals surface area contributed by atoms with E-state index in [0.717, 1.165) is 25.7 Å². The van der Waals surface area contributed by atoms with Gasteiger partial charge < -0.3 is 15.0 Å². The number of ether oxygens (including phenoxy) is 1. The summed E-state index contributed by atoms with van der Waals surface area (Å²) in [5, 5.41) is 0.435. The molecule has 0 radical (unpaired) electrons. The normalized spacial score (nSPS) is 15.1. The summed E-state index contributed by atoms with van der Waals surface area (Å²) in [6.07, 6.45) is 3.97. The van der Waals surface area contributed by atoms with Crippen molar-refractivity contribution >= 4 is 32.5 Å². The molecule has 3 aromatic rings. The Labute approximate surface area is 199 Å². The summed E-state index contributed by atoms with van der Waals surface area (Å²) in [5.41, 5.74) is 8.45. The number of rotatable bonds is 6. The maximum absolute atomic E-state index is 14.6. The van der Waals surface area contributed by atoms with Crippen LogP contribution in [-0.4, -0.2) is 30.7 Å². The van der Waals surface area contributed by atoms with E-state index in [9.17, 15) is 17.6 Å². The zero-order valence-corrected chi connectivity index (χ0v) is 20.6. The summed E-state index contributed by atoms with van der Waals surface area (Å²) in [4.78, 5) is 12.6. The van der Waals surface area contributed by atoms with Gasteiger partial charge in [-0.1, -0.05) is 25.0 Å². The van der Waals surface area contributed by atoms with Gasteiger partial charge in [-0.3, -0.25) is 9.52 Å². The Kier molecular flexibility index (Phi) is 6.10. The number of halogens is 1. The van der Waals surface area contributed by atoms with Crippen molar-refractivity contribution in [2.45, 2.75) is 57.2 Å². The van der Waals surface area contributed by atoms with E-state index < -0.39 is 26.5 Å². The summed E-state index contributed by atoms with van der Waals surface area (Å²) in [6.45, 7) is 4.86. The van der Waals surface area contributed by atoms with Crippen molar-refractivity contribution in [3.63, 3.8) is 0 Å². The maximum atomic E-state index is 14.6. The molecule has 4 rings (SSSR count). The third-order valence-corrected chi connectivity index (χ3v) is 8.55. The van der Waals surface area contributed by atoms with Crippen LogP contribution >= 0.6 is 0 Å². The number of aromatic nitrogens is 1. The molecule has 9 heteroatoms. The number of sulfonamides is 1. The molecular formula is C25H30FN3O4S. The molecule has 1 amide bonds. The van der Waals surface area contributed by atoms with Crippen LogP contribution < -0.4 is 15.2 Å². The fourth-order valence-corrected chi connectivity index (χ4v) is 5.30. The van der Waals surface area contributed by atoms with Crippen molar-refractivity contribution in [1.29, 1.82) is 0 Å². The lowest BCUT2D eigenvalue weighted by atomic mass is 10.0. The highest BCUT2D eigenvalue weighted by atomic mass is 32.2. The standard InChI is InChI=1S/C25H30FN3O4S/c1-25(2,3)34(31,32)28-16-11-9-15(10-12-16)23-22(24(27)30)18-13-19(26)21(33-4)14-20(18)29(23)17-7-5-6-8-17/h9-14,17,28H,5-8H2,1-4H3,(H2,27,30). The summed E-state index contributed by atoms with van der Waals surface area (Å²) >= 11 is 0. The molecule has 0 saturated heterocycles. The molecule has 0 bridgehead atoms. The lowest BCUT2D eigenvalue weighted by Crippen LogP contribution is -2.33. The maximum Gasteiger partial charge on any atom is 0.251 e. The Hall–Kier alpha value is -3.07. The molecule has 1 fully saturated rings. The quantitative estimate of drug-likeness (QED) is 0.498. The van der Waals surface area contributed by atoms with Crippen LogP contribution in [0, 0.1) is 5.82 Å². The minimum absolute atomic E-state index is 0.0961. The molecule has 0 aliphatic heterocycles. The van der Waals surface area contributed by atoms with Crippen molar-refractivity contribution < 1.29 is 22.3 Å². The number of hydrogen-bond acceptors (Lipinski definition) is 4. The van der Waals surface area contributed by atoms with Gasteiger partial charge in [-0.15, -0.1) is 0 Å². The van der Waals surface area contributed by atoms with Gasteiger partial charge in [0, 0.05) is 23.2 Å². The summed E-state index contributed by atoms with van der Waals surface area (Å²) in [7, 11) is -2.19. The highest BCUT2D eigenvalue weighted by molar-refractivity contribution is 7.94. The van der Waals surface area contributed by atoms with Crippen LogP contribution in [0.5, 0.6) is 5.75 Å². The molecule has 34 heavy (non-hydrogen) atoms. The van der Waals surface area contributed by atoms with Crippen LogP contribution in [0.1, 0.15) is 62.9 Å². The number of carbonyl (C=O) groups is 1. The van der Waals surface area contributed by atoms with E-state index in [0.29, 0.717) is 27.8 Å². The monoisotopic (exact) mass is 487 g/mol. The number of methoxy groups -OCH3 is 1. The third kappa shape index (κ3) is 4.13. The molecule has 0 spiro atoms. The largest absolute Gasteiger partial charge is 0.494 e. The van der Waals surface area contributed by atoms with Gasteiger partial charge in [0.25, 0.3) is 5.91 Å². The predicted molar refractivity (Wildman–Crippen MR) is 132 cm³/mol. The average Bonchev–Trinajstić information content (AvgIpc) is 3.38. The molecule has 3 N–H and O–H groups in total. The highest BCUT2D eigenvalue weighted by Gasteiger charge is 2.31. The van der Waals surface area contributed by atoms with Crippen molar-refractivity contribution in [2.75, 3.05) is 11.8 Å². The van der Waals surface area contributed by atoms with E-state index >= 15 is 0 Å². The van der Waals surface area contributed by atoms with Gasteiger partial charge in [-0.25, -0.2) is 12.8 Å². The zero-order valence-electron chi connectivity index (χ0n) is 19.8. The zero-order chi connectivity index (χ0) is 24.8. The molecule has 1 saturated carbocycles. The smallest absolute Gasteiger partial charge is 0.251 e. The number of primary amides is 1. The molecule has 1 aliphatic rings. The van der Waals surface area contributed by atoms with E-state index in [1.165, 1.54) is 13.2 Å². The Balaban J connectivity index is 1.92. The molecule has 0 unspecified atom stereocenters. The van der Waals surface area contributed by atoms with E-state index in [-0.39, 0.29) is 17.4 Å². The fraction of sp³-hybridized carbons (Fsp3) is 0.400. The lowest BCUT2D eigenvalue weighted by molar-refractivity contribution is 0.100. The van der Waals surface area contributed by atoms with E-state index in [2.05, 4.69) is 9.29 Å². The number of carbonyl (C=O) groups excluding carboxylic acids is 1. The van der Waals surface area contributed by atoms with E-state index in [1.807, 2.05) is 0 Å². The molecule has 0 atom stereocenters. The number of nitrogens with one attached hydrogen (secondary N) is 1. The van der Waals surface area contributed by atoms with Crippen molar-refractivity contribution in [3.05, 3.63) is 47.8 Å². The number of nitrogens with two attached hydrogens (primary N) is 1. The van der Waals surface area contributed by atoms with Gasteiger partial charge in [0.2, 0.25) is 10.0 Å². The number of amides is 1. The van der Waals surface area contributed by atoms with Gasteiger partial charge in [-0.2, -0.15) is 0 Å². The van der Waals surface area contributed by atoms with Crippen LogP contribution in [0.15, 0.2) is 36.4 Å². The fourth-order valence-electron chi connectivity index (χ4n) is 4.55. The Morgan fingerprint density at radius 3 is 2.29 bits per heavy atom. The van der Waals surface area contributed by atoms with Crippen molar-refractivity contribution in [2.24, 2.45) is 5.73 Å². The Morgan fingerprint density at radius 1 is 1.15 bits per heavy atom. The van der Waals surface area contributed by atoms with Crippen LogP contribution in [0.25, 0.3) is 22.2 Å². The minimum Gasteiger partial charge on any atom is -0.494 e. The summed E-state index contributed by atoms with van der Waals surface area (Å²) < 4.78 is 48.6. The molecular weight excluding hydrogens is 457 g/mol. The summed E-state index contributed by atoms with van der Waals surface area (Å²) in [6, 6.07) is 9.85. The van der Waals surface area contributed by atoms with Crippen molar-refractivity contribution in [1.82, 2.24) is 4.57 Å². The lowest BCUT2D eigenvalue weighted by Gasteiger charge is -2.21. The molecule has 182 valence electrons. The third-order valence-electron chi connectivity index (χ3n) is 6.43. The van der Waals surface area contributed by atoms with E-state index in [4.69, 9.17) is 10.5 Å². The summed E-state index contributed by atoms with van der Waals surface area (Å²) in [5.74, 6) is -1.13. The van der Waals surface area contributed by atoms with Gasteiger partial charge in [0.05, 0.1) is 28.6 Å². The number of hydrogen-bond donors (Lipinski definition) is 2. The molecule has 1 aromatic heterocycles. The van der Waals surface area contributed by atoms with Gasteiger partial charge in [-0.05, 0) is 57.4 Å². The van der Waals surface area contributed by atoms with Crippen LogP contribution in [0.2, 0.25) is 0 Å². The second-order valence-corrected chi connectivity index (χ2v) is 12.1. The first-order chi connectivity index (χ1) is 15.9. The first kappa shape index (κ1) is 24.1. The Morgan fingerprint density at radius 2 is 1.76 bits per heavy atom. The predicted octanol–water partition coefficient (Wildman–Crippen LogP) is 5.21. The van der Waals surface area contributed by atoms with Crippen molar-refractivity contribution in [3.8, 4) is 17.0 Å².